The van der Waals surface area contributed by atoms with E-state index in [9.17, 15) is 23.1 Å². The summed E-state index contributed by atoms with van der Waals surface area (Å²) in [4.78, 5) is 32.5. The number of aromatic nitrogens is 2. The lowest BCUT2D eigenvalue weighted by Gasteiger charge is -2.57. The molecule has 2 aliphatic rings. The molecule has 2 aromatic carbocycles. The first kappa shape index (κ1) is 34.5. The van der Waals surface area contributed by atoms with Crippen LogP contribution in [0.5, 0.6) is 0 Å². The van der Waals surface area contributed by atoms with Gasteiger partial charge in [0.1, 0.15) is 0 Å². The van der Waals surface area contributed by atoms with Crippen molar-refractivity contribution in [1.29, 1.82) is 0 Å². The van der Waals surface area contributed by atoms with Gasteiger partial charge in [0.2, 0.25) is 5.95 Å². The first-order valence-corrected chi connectivity index (χ1v) is 17.7. The van der Waals surface area contributed by atoms with Crippen molar-refractivity contribution < 1.29 is 27.9 Å². The highest BCUT2D eigenvalue weighted by Gasteiger charge is 2.55. The third kappa shape index (κ3) is 8.19. The van der Waals surface area contributed by atoms with E-state index in [0.29, 0.717) is 23.9 Å². The fourth-order valence-electron chi connectivity index (χ4n) is 7.39. The van der Waals surface area contributed by atoms with E-state index < -0.39 is 16.0 Å². The largest absolute Gasteiger partial charge is 0.478 e. The van der Waals surface area contributed by atoms with Crippen molar-refractivity contribution in [2.45, 2.75) is 96.5 Å². The number of aromatic carboxylic acids is 1. The second kappa shape index (κ2) is 13.4. The van der Waals surface area contributed by atoms with Crippen LogP contribution in [0, 0.1) is 30.6 Å². The van der Waals surface area contributed by atoms with E-state index in [1.165, 1.54) is 25.3 Å². The van der Waals surface area contributed by atoms with Crippen molar-refractivity contribution >= 4 is 27.9 Å². The molecule has 252 valence electrons. The maximum atomic E-state index is 13.4. The number of aryl methyl sites for hydroxylation is 3. The number of rotatable bonds is 12. The molecule has 10 nitrogen and oxygen atoms in total. The molecule has 3 N–H and O–H groups in total. The Morgan fingerprint density at radius 3 is 2.30 bits per heavy atom. The van der Waals surface area contributed by atoms with Crippen molar-refractivity contribution in [3.05, 3.63) is 70.9 Å². The van der Waals surface area contributed by atoms with Gasteiger partial charge >= 0.3 is 11.9 Å². The van der Waals surface area contributed by atoms with E-state index in [1.807, 2.05) is 38.1 Å². The summed E-state index contributed by atoms with van der Waals surface area (Å²) in [6.07, 6.45) is 6.27. The first-order chi connectivity index (χ1) is 22.1. The van der Waals surface area contributed by atoms with Crippen LogP contribution in [0.1, 0.15) is 86.5 Å². The first-order valence-electron chi connectivity index (χ1n) is 16.2. The number of hydrogen-bond donors (Lipinski definition) is 3. The predicted molar refractivity (Wildman–Crippen MR) is 181 cm³/mol. The van der Waals surface area contributed by atoms with Crippen LogP contribution >= 0.6 is 0 Å². The topological polar surface area (TPSA) is 148 Å². The Labute approximate surface area is 277 Å². The zero-order valence-electron chi connectivity index (χ0n) is 28.1. The molecule has 11 heteroatoms. The molecule has 1 spiro atoms. The Kier molecular flexibility index (Phi) is 9.80. The molecule has 0 saturated heterocycles. The van der Waals surface area contributed by atoms with E-state index in [4.69, 9.17) is 4.74 Å². The number of methoxy groups -OCH3 is 1. The Bertz CT molecular complexity index is 1730. The molecule has 1 aromatic heterocycles. The molecule has 3 aromatic rings. The van der Waals surface area contributed by atoms with Crippen LogP contribution in [0.4, 0.5) is 5.95 Å². The number of carboxylic acids is 1. The normalized spacial score (nSPS) is 21.4. The number of benzene rings is 2. The van der Waals surface area contributed by atoms with Gasteiger partial charge in [-0.05, 0) is 105 Å². The standard InChI is InChI=1S/C36H46N4O6S/c1-22-9-7-10-23(2)31(22)30-16-26(38-34(39-30)40-47(44,45)29-12-8-11-24(15-29)32(41)42)13-14-27(19-35(3,4)5)37-28-20-36(21-28)17-25(18-36)33(43)46-6/h7-12,15-16,25,27-28,37H,13-14,17-21H2,1-6H3,(H,41,42)(H,38,39,40)/t25?,27-,28?,36?/m0/s1. The van der Waals surface area contributed by atoms with E-state index >= 15 is 0 Å². The number of nitrogens with one attached hydrogen (secondary N) is 2. The summed E-state index contributed by atoms with van der Waals surface area (Å²) >= 11 is 0. The van der Waals surface area contributed by atoms with Crippen LogP contribution in [-0.4, -0.2) is 54.6 Å². The van der Waals surface area contributed by atoms with Gasteiger partial charge in [0, 0.05) is 23.3 Å². The summed E-state index contributed by atoms with van der Waals surface area (Å²) in [5.74, 6) is -1.35. The highest BCUT2D eigenvalue weighted by Crippen LogP contribution is 2.59. The van der Waals surface area contributed by atoms with E-state index in [1.54, 1.807) is 0 Å². The molecule has 1 heterocycles. The van der Waals surface area contributed by atoms with Gasteiger partial charge in [-0.3, -0.25) is 4.79 Å². The second-order valence-electron chi connectivity index (χ2n) is 14.7. The van der Waals surface area contributed by atoms with Gasteiger partial charge in [-0.2, -0.15) is 0 Å². The zero-order chi connectivity index (χ0) is 34.1. The molecule has 0 bridgehead atoms. The molecule has 2 aliphatic carbocycles. The summed E-state index contributed by atoms with van der Waals surface area (Å²) in [6, 6.07) is 13.7. The second-order valence-corrected chi connectivity index (χ2v) is 16.4. The summed E-state index contributed by atoms with van der Waals surface area (Å²) in [5.41, 5.74) is 4.48. The van der Waals surface area contributed by atoms with Gasteiger partial charge in [0.05, 0.1) is 29.2 Å². The van der Waals surface area contributed by atoms with Crippen LogP contribution in [0.3, 0.4) is 0 Å². The lowest BCUT2D eigenvalue weighted by atomic mass is 9.50. The highest BCUT2D eigenvalue weighted by molar-refractivity contribution is 7.92. The van der Waals surface area contributed by atoms with Crippen LogP contribution in [0.15, 0.2) is 53.4 Å². The van der Waals surface area contributed by atoms with Crippen molar-refractivity contribution in [1.82, 2.24) is 15.3 Å². The lowest BCUT2D eigenvalue weighted by molar-refractivity contribution is -0.159. The molecular weight excluding hydrogens is 616 g/mol. The highest BCUT2D eigenvalue weighted by atomic mass is 32.2. The van der Waals surface area contributed by atoms with Crippen molar-refractivity contribution in [2.75, 3.05) is 11.8 Å². The van der Waals surface area contributed by atoms with Gasteiger partial charge in [0.15, 0.2) is 0 Å². The fourth-order valence-corrected chi connectivity index (χ4v) is 8.38. The van der Waals surface area contributed by atoms with Crippen LogP contribution in [-0.2, 0) is 26.0 Å². The molecule has 5 rings (SSSR count). The fraction of sp³-hybridized carbons (Fsp3) is 0.500. The monoisotopic (exact) mass is 662 g/mol. The molecule has 0 aliphatic heterocycles. The Hall–Kier alpha value is -3.83. The van der Waals surface area contributed by atoms with E-state index in [0.717, 1.165) is 61.3 Å². The molecule has 0 amide bonds. The number of sulfonamides is 1. The average Bonchev–Trinajstić information content (AvgIpc) is 2.95. The minimum Gasteiger partial charge on any atom is -0.478 e. The summed E-state index contributed by atoms with van der Waals surface area (Å²) < 4.78 is 34.2. The van der Waals surface area contributed by atoms with Crippen molar-refractivity contribution in [3.8, 4) is 11.3 Å². The number of hydrogen-bond acceptors (Lipinski definition) is 8. The van der Waals surface area contributed by atoms with E-state index in [-0.39, 0.29) is 45.2 Å². The molecular formula is C36H46N4O6S. The number of carbonyl (C=O) groups is 2. The Balaban J connectivity index is 1.37. The van der Waals surface area contributed by atoms with Crippen LogP contribution < -0.4 is 10.0 Å². The Morgan fingerprint density at radius 2 is 1.68 bits per heavy atom. The Morgan fingerprint density at radius 1 is 1.02 bits per heavy atom. The smallest absolute Gasteiger partial charge is 0.335 e. The maximum absolute atomic E-state index is 13.4. The minimum atomic E-state index is -4.17. The third-order valence-electron chi connectivity index (χ3n) is 9.46. The molecule has 1 atom stereocenters. The number of esters is 1. The molecule has 47 heavy (non-hydrogen) atoms. The van der Waals surface area contributed by atoms with Gasteiger partial charge in [0.25, 0.3) is 10.0 Å². The SMILES string of the molecule is COC(=O)C1CC2(CC(N[C@@H](CCc3cc(-c4c(C)cccc4C)nc(NS(=O)(=O)c4cccc(C(=O)O)c4)n3)CC(C)(C)C)C2)C1. The number of nitrogens with zero attached hydrogens (tertiary/aromatic N) is 2. The third-order valence-corrected chi connectivity index (χ3v) is 10.8. The summed E-state index contributed by atoms with van der Waals surface area (Å²) in [5, 5.41) is 13.3. The zero-order valence-corrected chi connectivity index (χ0v) is 28.9. The number of anilines is 1. The van der Waals surface area contributed by atoms with Crippen molar-refractivity contribution in [2.24, 2.45) is 16.7 Å². The van der Waals surface area contributed by atoms with Gasteiger partial charge in [-0.15, -0.1) is 0 Å². The lowest BCUT2D eigenvalue weighted by Crippen LogP contribution is -2.58. The van der Waals surface area contributed by atoms with Crippen LogP contribution in [0.2, 0.25) is 0 Å². The van der Waals surface area contributed by atoms with E-state index in [2.05, 4.69) is 40.8 Å². The molecule has 0 unspecified atom stereocenters. The molecule has 2 saturated carbocycles. The van der Waals surface area contributed by atoms with Crippen LogP contribution in [0.25, 0.3) is 11.3 Å². The number of carboxylic acid groups (broad SMARTS) is 1. The molecule has 0 radical (unpaired) electrons. The number of ether oxygens (including phenoxy) is 1. The van der Waals surface area contributed by atoms with Gasteiger partial charge in [-0.25, -0.2) is 27.9 Å². The maximum Gasteiger partial charge on any atom is 0.335 e. The van der Waals surface area contributed by atoms with Gasteiger partial charge in [-0.1, -0.05) is 45.0 Å². The quantitative estimate of drug-likeness (QED) is 0.190. The molecule has 2 fully saturated rings. The average molecular weight is 663 g/mol. The van der Waals surface area contributed by atoms with Crippen molar-refractivity contribution in [3.63, 3.8) is 0 Å². The van der Waals surface area contributed by atoms with Gasteiger partial charge < -0.3 is 15.2 Å². The summed E-state index contributed by atoms with van der Waals surface area (Å²) in [6.45, 7) is 10.7. The predicted octanol–water partition coefficient (Wildman–Crippen LogP) is 6.32. The summed E-state index contributed by atoms with van der Waals surface area (Å²) in [7, 11) is -2.72. The minimum absolute atomic E-state index is 0.0305. The number of carbonyl (C=O) groups excluding carboxylic acids is 1.